The smallest absolute Gasteiger partial charge is 0.101 e. The van der Waals surface area contributed by atoms with Gasteiger partial charge in [-0.3, -0.25) is 0 Å². The Morgan fingerprint density at radius 2 is 2.10 bits per heavy atom. The highest BCUT2D eigenvalue weighted by atomic mass is 35.5. The Bertz CT molecular complexity index is 557. The van der Waals surface area contributed by atoms with E-state index in [1.54, 1.807) is 0 Å². The van der Waals surface area contributed by atoms with E-state index in [0.717, 1.165) is 24.2 Å². The average Bonchev–Trinajstić information content (AvgIpc) is 2.73. The third-order valence-corrected chi connectivity index (χ3v) is 4.69. The van der Waals surface area contributed by atoms with Crippen molar-refractivity contribution in [1.82, 2.24) is 0 Å². The van der Waals surface area contributed by atoms with E-state index in [1.165, 1.54) is 0 Å². The minimum atomic E-state index is -0.682. The van der Waals surface area contributed by atoms with E-state index in [4.69, 9.17) is 16.9 Å². The third-order valence-electron chi connectivity index (χ3n) is 4.38. The van der Waals surface area contributed by atoms with Crippen LogP contribution in [0.5, 0.6) is 0 Å². The van der Waals surface area contributed by atoms with Crippen LogP contribution >= 0.6 is 11.6 Å². The summed E-state index contributed by atoms with van der Waals surface area (Å²) in [5.74, 6) is 0.233. The number of rotatable bonds is 2. The summed E-state index contributed by atoms with van der Waals surface area (Å²) in [5.41, 5.74) is 1.94. The van der Waals surface area contributed by atoms with E-state index in [2.05, 4.69) is 17.9 Å². The summed E-state index contributed by atoms with van der Waals surface area (Å²) in [7, 11) is 0. The van der Waals surface area contributed by atoms with Crippen molar-refractivity contribution in [3.8, 4) is 6.07 Å². The molecule has 1 saturated heterocycles. The molecule has 1 fully saturated rings. The molecule has 0 aliphatic carbocycles. The molecule has 1 aliphatic heterocycles. The molecule has 4 heteroatoms. The maximum atomic E-state index is 10.3. The van der Waals surface area contributed by atoms with Gasteiger partial charge in [0.25, 0.3) is 0 Å². The molecule has 2 atom stereocenters. The zero-order valence-electron chi connectivity index (χ0n) is 12.4. The molecule has 1 aromatic carbocycles. The summed E-state index contributed by atoms with van der Waals surface area (Å²) >= 11 is 6.16. The fourth-order valence-corrected chi connectivity index (χ4v) is 3.49. The van der Waals surface area contributed by atoms with Crippen molar-refractivity contribution in [2.45, 2.75) is 45.8 Å². The Kier molecular flexibility index (Phi) is 4.00. The maximum Gasteiger partial charge on any atom is 0.101 e. The molecule has 1 aliphatic rings. The van der Waals surface area contributed by atoms with Gasteiger partial charge in [-0.25, -0.2) is 0 Å². The lowest BCUT2D eigenvalue weighted by atomic mass is 9.85. The molecular formula is C16H21ClN2O. The van der Waals surface area contributed by atoms with Crippen LogP contribution in [0.15, 0.2) is 12.1 Å². The molecular weight excluding hydrogens is 272 g/mol. The SMILES string of the molecule is Cc1cc(C#N)c(Cl)cc1N1CC[C@H](C(C)(C)O)[C@@H]1C. The van der Waals surface area contributed by atoms with Crippen LogP contribution in [0.3, 0.4) is 0 Å². The van der Waals surface area contributed by atoms with E-state index in [9.17, 15) is 5.11 Å². The lowest BCUT2D eigenvalue weighted by Gasteiger charge is -2.33. The Labute approximate surface area is 125 Å². The number of aliphatic hydroxyl groups is 1. The number of hydrogen-bond donors (Lipinski definition) is 1. The van der Waals surface area contributed by atoms with Crippen molar-refractivity contribution in [3.63, 3.8) is 0 Å². The van der Waals surface area contributed by atoms with Crippen LogP contribution in [0.2, 0.25) is 5.02 Å². The lowest BCUT2D eigenvalue weighted by Crippen LogP contribution is -2.40. The molecule has 20 heavy (non-hydrogen) atoms. The molecule has 0 unspecified atom stereocenters. The zero-order valence-corrected chi connectivity index (χ0v) is 13.2. The fourth-order valence-electron chi connectivity index (χ4n) is 3.29. The van der Waals surface area contributed by atoms with E-state index >= 15 is 0 Å². The second-order valence-electron chi connectivity index (χ2n) is 6.21. The fraction of sp³-hybridized carbons (Fsp3) is 0.562. The molecule has 1 N–H and O–H groups in total. The molecule has 108 valence electrons. The molecule has 0 amide bonds. The van der Waals surface area contributed by atoms with Gasteiger partial charge in [0, 0.05) is 24.2 Å². The van der Waals surface area contributed by atoms with E-state index in [1.807, 2.05) is 32.9 Å². The molecule has 0 bridgehead atoms. The van der Waals surface area contributed by atoms with Crippen molar-refractivity contribution in [2.75, 3.05) is 11.4 Å². The van der Waals surface area contributed by atoms with Gasteiger partial charge in [0.1, 0.15) is 6.07 Å². The van der Waals surface area contributed by atoms with Crippen LogP contribution in [0.4, 0.5) is 5.69 Å². The standard InChI is InChI=1S/C16H21ClN2O/c1-10-7-12(9-18)14(17)8-15(10)19-6-5-13(11(19)2)16(3,4)20/h7-8,11,13,20H,5-6H2,1-4H3/t11-,13-/m0/s1. The lowest BCUT2D eigenvalue weighted by molar-refractivity contribution is 0.0156. The van der Waals surface area contributed by atoms with Crippen LogP contribution < -0.4 is 4.90 Å². The molecule has 0 saturated carbocycles. The summed E-state index contributed by atoms with van der Waals surface area (Å²) in [4.78, 5) is 2.28. The number of nitrogens with zero attached hydrogens (tertiary/aromatic N) is 2. The number of hydrogen-bond acceptors (Lipinski definition) is 3. The minimum absolute atomic E-state index is 0.233. The summed E-state index contributed by atoms with van der Waals surface area (Å²) < 4.78 is 0. The first-order valence-corrected chi connectivity index (χ1v) is 7.32. The predicted octanol–water partition coefficient (Wildman–Crippen LogP) is 3.51. The van der Waals surface area contributed by atoms with Crippen LogP contribution in [0.1, 0.15) is 38.3 Å². The first kappa shape index (κ1) is 15.2. The van der Waals surface area contributed by atoms with E-state index in [-0.39, 0.29) is 12.0 Å². The zero-order chi connectivity index (χ0) is 15.1. The topological polar surface area (TPSA) is 47.3 Å². The number of nitriles is 1. The van der Waals surface area contributed by atoms with Gasteiger partial charge >= 0.3 is 0 Å². The van der Waals surface area contributed by atoms with Gasteiger partial charge < -0.3 is 10.0 Å². The van der Waals surface area contributed by atoms with Gasteiger partial charge in [0.15, 0.2) is 0 Å². The summed E-state index contributed by atoms with van der Waals surface area (Å²) in [5, 5.41) is 19.8. The summed E-state index contributed by atoms with van der Waals surface area (Å²) in [6.45, 7) is 8.78. The molecule has 0 spiro atoms. The Morgan fingerprint density at radius 3 is 2.60 bits per heavy atom. The van der Waals surface area contributed by atoms with Crippen molar-refractivity contribution in [1.29, 1.82) is 5.26 Å². The van der Waals surface area contributed by atoms with E-state index in [0.29, 0.717) is 10.6 Å². The quantitative estimate of drug-likeness (QED) is 0.907. The molecule has 2 rings (SSSR count). The number of aryl methyl sites for hydroxylation is 1. The maximum absolute atomic E-state index is 10.3. The highest BCUT2D eigenvalue weighted by Crippen LogP contribution is 2.38. The highest BCUT2D eigenvalue weighted by Gasteiger charge is 2.40. The third kappa shape index (κ3) is 2.63. The monoisotopic (exact) mass is 292 g/mol. The summed E-state index contributed by atoms with van der Waals surface area (Å²) in [6, 6.07) is 6.06. The number of halogens is 1. The molecule has 1 aromatic rings. The van der Waals surface area contributed by atoms with Crippen LogP contribution in [0.25, 0.3) is 0 Å². The second-order valence-corrected chi connectivity index (χ2v) is 6.62. The van der Waals surface area contributed by atoms with Crippen molar-refractivity contribution in [2.24, 2.45) is 5.92 Å². The molecule has 0 radical (unpaired) electrons. The van der Waals surface area contributed by atoms with Crippen LogP contribution in [-0.4, -0.2) is 23.3 Å². The summed E-state index contributed by atoms with van der Waals surface area (Å²) in [6.07, 6.45) is 0.960. The van der Waals surface area contributed by atoms with Crippen LogP contribution in [0, 0.1) is 24.2 Å². The largest absolute Gasteiger partial charge is 0.390 e. The number of benzene rings is 1. The van der Waals surface area contributed by atoms with Gasteiger partial charge in [-0.15, -0.1) is 0 Å². The molecule has 0 aromatic heterocycles. The van der Waals surface area contributed by atoms with Gasteiger partial charge in [0.05, 0.1) is 16.2 Å². The second kappa shape index (κ2) is 5.27. The van der Waals surface area contributed by atoms with Gasteiger partial charge in [-0.05, 0) is 51.8 Å². The first-order chi connectivity index (χ1) is 9.25. The predicted molar refractivity (Wildman–Crippen MR) is 82.1 cm³/mol. The van der Waals surface area contributed by atoms with Crippen LogP contribution in [-0.2, 0) is 0 Å². The van der Waals surface area contributed by atoms with Gasteiger partial charge in [-0.2, -0.15) is 5.26 Å². The van der Waals surface area contributed by atoms with E-state index < -0.39 is 5.60 Å². The van der Waals surface area contributed by atoms with Gasteiger partial charge in [0.2, 0.25) is 0 Å². The molecule has 3 nitrogen and oxygen atoms in total. The normalized spacial score (nSPS) is 22.9. The minimum Gasteiger partial charge on any atom is -0.390 e. The highest BCUT2D eigenvalue weighted by molar-refractivity contribution is 6.32. The molecule has 1 heterocycles. The Hall–Kier alpha value is -1.24. The Balaban J connectivity index is 2.35. The first-order valence-electron chi connectivity index (χ1n) is 6.95. The van der Waals surface area contributed by atoms with Gasteiger partial charge in [-0.1, -0.05) is 11.6 Å². The number of anilines is 1. The van der Waals surface area contributed by atoms with Crippen molar-refractivity contribution in [3.05, 3.63) is 28.3 Å². The van der Waals surface area contributed by atoms with Crippen molar-refractivity contribution < 1.29 is 5.11 Å². The van der Waals surface area contributed by atoms with Crippen molar-refractivity contribution >= 4 is 17.3 Å². The Morgan fingerprint density at radius 1 is 1.45 bits per heavy atom. The average molecular weight is 293 g/mol.